The van der Waals surface area contributed by atoms with Gasteiger partial charge in [0.2, 0.25) is 0 Å². The van der Waals surface area contributed by atoms with Gasteiger partial charge < -0.3 is 10.1 Å². The van der Waals surface area contributed by atoms with E-state index in [0.29, 0.717) is 0 Å². The van der Waals surface area contributed by atoms with Gasteiger partial charge >= 0.3 is 6.18 Å². The number of carbonyl (C=O) groups excluding carboxylic acids is 1. The Morgan fingerprint density at radius 3 is 2.66 bits per heavy atom. The van der Waals surface area contributed by atoms with Crippen molar-refractivity contribution in [3.8, 4) is 23.3 Å². The van der Waals surface area contributed by atoms with Crippen molar-refractivity contribution in [2.45, 2.75) is 6.18 Å². The van der Waals surface area contributed by atoms with Crippen molar-refractivity contribution in [3.63, 3.8) is 0 Å². The topological polar surface area (TPSA) is 69.0 Å². The summed E-state index contributed by atoms with van der Waals surface area (Å²) in [5, 5.41) is 10.7. The summed E-state index contributed by atoms with van der Waals surface area (Å²) in [5.41, 5.74) is 0.0627. The molecule has 0 aliphatic carbocycles. The Labute approximate surface area is 164 Å². The molecule has 2 aromatic carbocycles. The van der Waals surface area contributed by atoms with E-state index < -0.39 is 17.6 Å². The number of nitrogens with zero attached hydrogens (tertiary/aromatic N) is 3. The number of para-hydroxylation sites is 1. The van der Waals surface area contributed by atoms with Crippen LogP contribution in [0.25, 0.3) is 5.69 Å². The first-order valence-electron chi connectivity index (χ1n) is 8.45. The van der Waals surface area contributed by atoms with Crippen molar-refractivity contribution in [3.05, 3.63) is 72.1 Å². The number of benzene rings is 2. The normalized spacial score (nSPS) is 10.7. The van der Waals surface area contributed by atoms with Crippen LogP contribution in [-0.4, -0.2) is 34.1 Å². The molecule has 1 N–H and O–H groups in total. The van der Waals surface area contributed by atoms with Crippen LogP contribution in [0.1, 0.15) is 16.1 Å². The molecule has 1 aromatic heterocycles. The van der Waals surface area contributed by atoms with Crippen LogP contribution in [0.2, 0.25) is 0 Å². The molecule has 148 valence electrons. The largest absolute Gasteiger partial charge is 0.481 e. The molecular weight excluding hydrogens is 385 g/mol. The van der Waals surface area contributed by atoms with Crippen LogP contribution in [0, 0.1) is 11.8 Å². The van der Waals surface area contributed by atoms with Gasteiger partial charge in [-0.1, -0.05) is 36.1 Å². The van der Waals surface area contributed by atoms with E-state index in [9.17, 15) is 18.0 Å². The number of aromatic nitrogens is 3. The van der Waals surface area contributed by atoms with E-state index in [2.05, 4.69) is 27.4 Å². The lowest BCUT2D eigenvalue weighted by atomic mass is 10.2. The van der Waals surface area contributed by atoms with E-state index in [4.69, 9.17) is 4.74 Å². The molecule has 0 spiro atoms. The maximum atomic E-state index is 12.6. The van der Waals surface area contributed by atoms with Crippen molar-refractivity contribution < 1.29 is 22.7 Å². The quantitative estimate of drug-likeness (QED) is 0.669. The number of ether oxygens (including phenoxy) is 1. The van der Waals surface area contributed by atoms with Gasteiger partial charge in [0.15, 0.2) is 5.69 Å². The summed E-state index contributed by atoms with van der Waals surface area (Å²) >= 11 is 0. The Morgan fingerprint density at radius 1 is 1.10 bits per heavy atom. The number of alkyl halides is 3. The minimum Gasteiger partial charge on any atom is -0.481 e. The molecule has 0 saturated heterocycles. The number of amides is 1. The number of nitrogens with one attached hydrogen (secondary N) is 1. The van der Waals surface area contributed by atoms with Gasteiger partial charge in [-0.05, 0) is 30.3 Å². The van der Waals surface area contributed by atoms with E-state index in [1.807, 2.05) is 18.2 Å². The van der Waals surface area contributed by atoms with Crippen LogP contribution in [0.15, 0.2) is 60.8 Å². The fourth-order valence-electron chi connectivity index (χ4n) is 2.26. The molecule has 6 nitrogen and oxygen atoms in total. The fraction of sp³-hybridized carbons (Fsp3) is 0.150. The highest BCUT2D eigenvalue weighted by molar-refractivity contribution is 5.92. The SMILES string of the molecule is O=C(NCC#CCOc1cccc(C(F)(F)F)c1)c1cnn(-c2ccccc2)n1. The fourth-order valence-corrected chi connectivity index (χ4v) is 2.26. The molecule has 0 bridgehead atoms. The summed E-state index contributed by atoms with van der Waals surface area (Å²) in [6.07, 6.45) is -3.09. The first-order valence-corrected chi connectivity index (χ1v) is 8.45. The molecule has 0 aliphatic heterocycles. The second-order valence-corrected chi connectivity index (χ2v) is 5.71. The minimum atomic E-state index is -4.43. The monoisotopic (exact) mass is 400 g/mol. The van der Waals surface area contributed by atoms with Crippen LogP contribution >= 0.6 is 0 Å². The summed E-state index contributed by atoms with van der Waals surface area (Å²) in [4.78, 5) is 13.4. The van der Waals surface area contributed by atoms with E-state index in [0.717, 1.165) is 17.8 Å². The lowest BCUT2D eigenvalue weighted by Crippen LogP contribution is -2.24. The first-order chi connectivity index (χ1) is 13.9. The summed E-state index contributed by atoms with van der Waals surface area (Å²) in [5.74, 6) is 4.90. The molecule has 0 aliphatic rings. The van der Waals surface area contributed by atoms with E-state index >= 15 is 0 Å². The van der Waals surface area contributed by atoms with Gasteiger partial charge in [-0.25, -0.2) is 0 Å². The highest BCUT2D eigenvalue weighted by Crippen LogP contribution is 2.31. The number of carbonyl (C=O) groups is 1. The van der Waals surface area contributed by atoms with Crippen LogP contribution in [-0.2, 0) is 6.18 Å². The molecular formula is C20H15F3N4O2. The maximum Gasteiger partial charge on any atom is 0.416 e. The lowest BCUT2D eigenvalue weighted by Gasteiger charge is -2.08. The third-order valence-electron chi connectivity index (χ3n) is 3.65. The number of halogens is 3. The molecule has 1 heterocycles. The predicted octanol–water partition coefficient (Wildman–Crippen LogP) is 3.10. The average Bonchev–Trinajstić information content (AvgIpc) is 3.21. The zero-order valence-electron chi connectivity index (χ0n) is 15.0. The van der Waals surface area contributed by atoms with Crippen LogP contribution in [0.4, 0.5) is 13.2 Å². The predicted molar refractivity (Wildman–Crippen MR) is 98.4 cm³/mol. The van der Waals surface area contributed by atoms with Gasteiger partial charge in [-0.15, -0.1) is 5.10 Å². The standard InChI is InChI=1S/C20H15F3N4O2/c21-20(22,23)15-7-6-10-17(13-15)29-12-5-4-11-24-19(28)18-14-25-27(26-18)16-8-2-1-3-9-16/h1-3,6-10,13-14H,11-12H2,(H,24,28). The van der Waals surface area contributed by atoms with E-state index in [1.165, 1.54) is 23.1 Å². The smallest absolute Gasteiger partial charge is 0.416 e. The lowest BCUT2D eigenvalue weighted by molar-refractivity contribution is -0.137. The zero-order chi connectivity index (χ0) is 20.7. The van der Waals surface area contributed by atoms with Crippen molar-refractivity contribution in [2.24, 2.45) is 0 Å². The Hall–Kier alpha value is -3.80. The molecule has 0 radical (unpaired) electrons. The van der Waals surface area contributed by atoms with Gasteiger partial charge in [-0.3, -0.25) is 4.79 Å². The average molecular weight is 400 g/mol. The van der Waals surface area contributed by atoms with Crippen LogP contribution in [0.3, 0.4) is 0 Å². The molecule has 0 fully saturated rings. The van der Waals surface area contributed by atoms with Crippen molar-refractivity contribution in [1.29, 1.82) is 0 Å². The minimum absolute atomic E-state index is 0.0307. The summed E-state index contributed by atoms with van der Waals surface area (Å²) in [6.45, 7) is -0.0790. The highest BCUT2D eigenvalue weighted by Gasteiger charge is 2.30. The van der Waals surface area contributed by atoms with Crippen LogP contribution in [0.5, 0.6) is 5.75 Å². The molecule has 29 heavy (non-hydrogen) atoms. The summed E-state index contributed by atoms with van der Waals surface area (Å²) < 4.78 is 43.1. The number of hydrogen-bond acceptors (Lipinski definition) is 4. The van der Waals surface area contributed by atoms with Gasteiger partial charge in [0.05, 0.1) is 24.0 Å². The molecule has 0 unspecified atom stereocenters. The van der Waals surface area contributed by atoms with Gasteiger partial charge in [-0.2, -0.15) is 23.1 Å². The van der Waals surface area contributed by atoms with Crippen molar-refractivity contribution in [2.75, 3.05) is 13.2 Å². The van der Waals surface area contributed by atoms with Gasteiger partial charge in [0.25, 0.3) is 5.91 Å². The summed E-state index contributed by atoms with van der Waals surface area (Å²) in [6, 6.07) is 13.7. The molecule has 1 amide bonds. The second-order valence-electron chi connectivity index (χ2n) is 5.71. The van der Waals surface area contributed by atoms with Gasteiger partial charge in [0, 0.05) is 0 Å². The first kappa shape index (κ1) is 19.9. The molecule has 3 aromatic rings. The third-order valence-corrected chi connectivity index (χ3v) is 3.65. The van der Waals surface area contributed by atoms with Crippen molar-refractivity contribution in [1.82, 2.24) is 20.3 Å². The zero-order valence-corrected chi connectivity index (χ0v) is 15.0. The number of hydrogen-bond donors (Lipinski definition) is 1. The molecule has 0 saturated carbocycles. The Kier molecular flexibility index (Phi) is 6.14. The maximum absolute atomic E-state index is 12.6. The van der Waals surface area contributed by atoms with Crippen molar-refractivity contribution >= 4 is 5.91 Å². The van der Waals surface area contributed by atoms with Gasteiger partial charge in [0.1, 0.15) is 12.4 Å². The highest BCUT2D eigenvalue weighted by atomic mass is 19.4. The third kappa shape index (κ3) is 5.59. The molecule has 0 atom stereocenters. The Balaban J connectivity index is 1.46. The van der Waals surface area contributed by atoms with Crippen LogP contribution < -0.4 is 10.1 Å². The Morgan fingerprint density at radius 2 is 1.90 bits per heavy atom. The second kappa shape index (κ2) is 8.93. The van der Waals surface area contributed by atoms with E-state index in [1.54, 1.807) is 12.1 Å². The molecule has 9 heteroatoms. The number of rotatable bonds is 5. The summed E-state index contributed by atoms with van der Waals surface area (Å²) in [7, 11) is 0. The van der Waals surface area contributed by atoms with E-state index in [-0.39, 0.29) is 24.6 Å². The Bertz CT molecular complexity index is 1040. The molecule has 3 rings (SSSR count).